The summed E-state index contributed by atoms with van der Waals surface area (Å²) in [6, 6.07) is 11.4. The lowest BCUT2D eigenvalue weighted by Gasteiger charge is -2.32. The first kappa shape index (κ1) is 39.0. The molecular formula is C38H56N10O4. The van der Waals surface area contributed by atoms with E-state index in [1.165, 1.54) is 0 Å². The first-order chi connectivity index (χ1) is 24.9. The van der Waals surface area contributed by atoms with Crippen LogP contribution in [0.25, 0.3) is 11.3 Å². The fourth-order valence-corrected chi connectivity index (χ4v) is 6.56. The lowest BCUT2D eigenvalue weighted by Crippen LogP contribution is -2.43. The Hall–Kier alpha value is -4.19. The molecule has 52 heavy (non-hydrogen) atoms. The van der Waals surface area contributed by atoms with Crippen LogP contribution in [0.4, 0.5) is 11.6 Å². The topological polar surface area (TPSA) is 174 Å². The van der Waals surface area contributed by atoms with E-state index in [9.17, 15) is 10.1 Å². The van der Waals surface area contributed by atoms with E-state index in [0.29, 0.717) is 44.3 Å². The van der Waals surface area contributed by atoms with Gasteiger partial charge in [0.2, 0.25) is 6.23 Å². The fourth-order valence-electron chi connectivity index (χ4n) is 6.56. The molecule has 0 amide bonds. The van der Waals surface area contributed by atoms with Gasteiger partial charge in [0.25, 0.3) is 0 Å². The van der Waals surface area contributed by atoms with E-state index < -0.39 is 17.1 Å². The van der Waals surface area contributed by atoms with Gasteiger partial charge in [-0.25, -0.2) is 9.97 Å². The van der Waals surface area contributed by atoms with Gasteiger partial charge in [0.15, 0.2) is 5.82 Å². The molecule has 1 saturated heterocycles. The number of nitrogens with zero attached hydrogens (tertiary/aromatic N) is 7. The van der Waals surface area contributed by atoms with Gasteiger partial charge in [-0.1, -0.05) is 19.9 Å². The van der Waals surface area contributed by atoms with Crippen molar-refractivity contribution in [3.8, 4) is 17.3 Å². The Morgan fingerprint density at radius 3 is 2.54 bits per heavy atom. The van der Waals surface area contributed by atoms with Crippen LogP contribution in [0.15, 0.2) is 30.5 Å². The van der Waals surface area contributed by atoms with Gasteiger partial charge in [-0.2, -0.15) is 9.94 Å². The number of hydrogen-bond donors (Lipinski definition) is 3. The van der Waals surface area contributed by atoms with Crippen LogP contribution in [0, 0.1) is 35.0 Å². The van der Waals surface area contributed by atoms with Gasteiger partial charge in [-0.3, -0.25) is 4.79 Å². The van der Waals surface area contributed by atoms with Gasteiger partial charge in [-0.05, 0) is 107 Å². The molecule has 0 spiro atoms. The molecule has 2 atom stereocenters. The molecule has 3 aromatic rings. The molecule has 2 aliphatic rings. The number of nitrogens with one attached hydrogen (secondary N) is 3. The standard InChI is InChI=1S/C38H56N10O4/c1-25(2)35(52-36(49)37(5,6)7)48-34(45-46-47-48)22-51-21-27(4)42-28-11-13-29(14-12-28)43-33-19-30(26(3)20-40-33)31-9-8-10-32(44-31)41-24-38(23-39)15-17-50-18-16-38/h8-10,19-20,25,27-29,35,42H,11-18,21-22,24H2,1-7H3,(H,40,43)(H,41,44)/t27-,28?,29?,35-/m1/s1. The van der Waals surface area contributed by atoms with Crippen LogP contribution in [0.3, 0.4) is 0 Å². The zero-order valence-electron chi connectivity index (χ0n) is 31.8. The summed E-state index contributed by atoms with van der Waals surface area (Å²) in [6.45, 7) is 16.1. The molecule has 1 aliphatic carbocycles. The van der Waals surface area contributed by atoms with Crippen molar-refractivity contribution in [1.29, 1.82) is 5.26 Å². The molecule has 0 radical (unpaired) electrons. The molecule has 2 fully saturated rings. The largest absolute Gasteiger partial charge is 0.439 e. The number of tetrazole rings is 1. The molecule has 1 aliphatic heterocycles. The molecule has 0 bridgehead atoms. The maximum atomic E-state index is 12.6. The molecule has 4 heterocycles. The number of ether oxygens (including phenoxy) is 3. The van der Waals surface area contributed by atoms with Crippen LogP contribution >= 0.6 is 0 Å². The molecular weight excluding hydrogens is 660 g/mol. The third-order valence-electron chi connectivity index (χ3n) is 9.83. The summed E-state index contributed by atoms with van der Waals surface area (Å²) in [4.78, 5) is 22.2. The maximum Gasteiger partial charge on any atom is 0.313 e. The van der Waals surface area contributed by atoms with Crippen molar-refractivity contribution in [3.05, 3.63) is 41.9 Å². The Morgan fingerprint density at radius 1 is 1.12 bits per heavy atom. The number of esters is 1. The average Bonchev–Trinajstić information content (AvgIpc) is 3.59. The highest BCUT2D eigenvalue weighted by Crippen LogP contribution is 2.31. The predicted octanol–water partition coefficient (Wildman–Crippen LogP) is 5.83. The smallest absolute Gasteiger partial charge is 0.313 e. The summed E-state index contributed by atoms with van der Waals surface area (Å²) < 4.78 is 18.8. The van der Waals surface area contributed by atoms with Gasteiger partial charge < -0.3 is 30.2 Å². The van der Waals surface area contributed by atoms with Crippen LogP contribution in [0.2, 0.25) is 0 Å². The molecule has 0 unspecified atom stereocenters. The lowest BCUT2D eigenvalue weighted by molar-refractivity contribution is -0.168. The van der Waals surface area contributed by atoms with Crippen LogP contribution in [0.5, 0.6) is 0 Å². The molecule has 1 saturated carbocycles. The van der Waals surface area contributed by atoms with Crippen LogP contribution in [-0.4, -0.2) is 80.6 Å². The van der Waals surface area contributed by atoms with Crippen molar-refractivity contribution < 1.29 is 19.0 Å². The maximum absolute atomic E-state index is 12.6. The van der Waals surface area contributed by atoms with E-state index in [1.807, 2.05) is 59.0 Å². The summed E-state index contributed by atoms with van der Waals surface area (Å²) in [7, 11) is 0. The molecule has 3 aromatic heterocycles. The second-order valence-electron chi connectivity index (χ2n) is 15.8. The number of hydrogen-bond acceptors (Lipinski definition) is 13. The molecule has 5 rings (SSSR count). The molecule has 282 valence electrons. The third kappa shape index (κ3) is 10.5. The van der Waals surface area contributed by atoms with Crippen LogP contribution < -0.4 is 16.0 Å². The van der Waals surface area contributed by atoms with E-state index >= 15 is 0 Å². The van der Waals surface area contributed by atoms with Crippen molar-refractivity contribution in [2.75, 3.05) is 37.0 Å². The Balaban J connectivity index is 1.07. The predicted molar refractivity (Wildman–Crippen MR) is 198 cm³/mol. The fraction of sp³-hybridized carbons (Fsp3) is 0.658. The number of carbonyl (C=O) groups excluding carboxylic acids is 1. The van der Waals surface area contributed by atoms with Crippen LogP contribution in [0.1, 0.15) is 97.7 Å². The van der Waals surface area contributed by atoms with Gasteiger partial charge in [-0.15, -0.1) is 5.10 Å². The summed E-state index contributed by atoms with van der Waals surface area (Å²) in [5.41, 5.74) is 1.90. The third-order valence-corrected chi connectivity index (χ3v) is 9.83. The van der Waals surface area contributed by atoms with Crippen molar-refractivity contribution >= 4 is 17.6 Å². The first-order valence-corrected chi connectivity index (χ1v) is 18.6. The summed E-state index contributed by atoms with van der Waals surface area (Å²) in [5, 5.41) is 32.7. The van der Waals surface area contributed by atoms with E-state index in [2.05, 4.69) is 57.5 Å². The van der Waals surface area contributed by atoms with E-state index in [-0.39, 0.29) is 24.5 Å². The summed E-state index contributed by atoms with van der Waals surface area (Å²) in [6.07, 6.45) is 6.88. The van der Waals surface area contributed by atoms with E-state index in [4.69, 9.17) is 24.2 Å². The Bertz CT molecular complexity index is 1650. The highest BCUT2D eigenvalue weighted by molar-refractivity contribution is 5.75. The van der Waals surface area contributed by atoms with Crippen molar-refractivity contribution in [3.63, 3.8) is 0 Å². The number of nitriles is 1. The average molecular weight is 717 g/mol. The Morgan fingerprint density at radius 2 is 1.85 bits per heavy atom. The Labute approximate surface area is 307 Å². The zero-order valence-corrected chi connectivity index (χ0v) is 31.8. The van der Waals surface area contributed by atoms with Gasteiger partial charge in [0, 0.05) is 55.6 Å². The first-order valence-electron chi connectivity index (χ1n) is 18.6. The Kier molecular flexibility index (Phi) is 13.2. The number of aryl methyl sites for hydroxylation is 1. The molecule has 14 nitrogen and oxygen atoms in total. The van der Waals surface area contributed by atoms with Crippen molar-refractivity contribution in [1.82, 2.24) is 35.5 Å². The monoisotopic (exact) mass is 716 g/mol. The summed E-state index contributed by atoms with van der Waals surface area (Å²) in [5.74, 6) is 1.80. The van der Waals surface area contributed by atoms with Crippen molar-refractivity contribution in [2.24, 2.45) is 16.7 Å². The molecule has 0 aromatic carbocycles. The van der Waals surface area contributed by atoms with E-state index in [1.54, 1.807) is 4.68 Å². The highest BCUT2D eigenvalue weighted by atomic mass is 16.6. The zero-order chi connectivity index (χ0) is 37.3. The second-order valence-corrected chi connectivity index (χ2v) is 15.8. The van der Waals surface area contributed by atoms with Crippen LogP contribution in [-0.2, 0) is 25.6 Å². The van der Waals surface area contributed by atoms with Gasteiger partial charge in [0.1, 0.15) is 18.2 Å². The number of carbonyl (C=O) groups is 1. The highest BCUT2D eigenvalue weighted by Gasteiger charge is 2.33. The molecule has 14 heteroatoms. The van der Waals surface area contributed by atoms with Crippen molar-refractivity contribution in [2.45, 2.75) is 118 Å². The molecule has 3 N–H and O–H groups in total. The SMILES string of the molecule is Cc1cnc(NC2CCC(N[C@H](C)COCc3nnnn3[C@H](OC(=O)C(C)(C)C)C(C)C)CC2)cc1-c1cccc(NCC2(C#N)CCOCC2)n1. The number of anilines is 2. The van der Waals surface area contributed by atoms with Gasteiger partial charge >= 0.3 is 5.97 Å². The normalized spacial score (nSPS) is 20.1. The summed E-state index contributed by atoms with van der Waals surface area (Å²) >= 11 is 0. The minimum absolute atomic E-state index is 0.0219. The second kappa shape index (κ2) is 17.6. The number of rotatable bonds is 15. The number of pyridine rings is 2. The quantitative estimate of drug-likeness (QED) is 0.160. The minimum Gasteiger partial charge on any atom is -0.439 e. The lowest BCUT2D eigenvalue weighted by atomic mass is 9.82. The van der Waals surface area contributed by atoms with Gasteiger partial charge in [0.05, 0.1) is 29.2 Å². The minimum atomic E-state index is -0.631. The van der Waals surface area contributed by atoms with E-state index in [0.717, 1.165) is 67.0 Å². The number of aromatic nitrogens is 6.